The molecule has 56 valence electrons. The summed E-state index contributed by atoms with van der Waals surface area (Å²) < 4.78 is 0. The molecule has 0 fully saturated rings. The van der Waals surface area contributed by atoms with Gasteiger partial charge in [0.15, 0.2) is 0 Å². The molecule has 0 amide bonds. The Bertz CT molecular complexity index is 264. The van der Waals surface area contributed by atoms with Gasteiger partial charge in [0.25, 0.3) is 0 Å². The monoisotopic (exact) mass is 146 g/mol. The highest BCUT2D eigenvalue weighted by molar-refractivity contribution is 5.64. The van der Waals surface area contributed by atoms with Crippen LogP contribution in [0.15, 0.2) is 30.6 Å². The molecule has 0 aromatic carbocycles. The first-order valence-electron chi connectivity index (χ1n) is 3.81. The van der Waals surface area contributed by atoms with Crippen LogP contribution in [0.1, 0.15) is 12.0 Å². The number of nitrogens with one attached hydrogen (secondary N) is 1. The summed E-state index contributed by atoms with van der Waals surface area (Å²) in [5.74, 6) is 0. The maximum atomic E-state index is 4.05. The highest BCUT2D eigenvalue weighted by Gasteiger charge is 2.04. The predicted octanol–water partition coefficient (Wildman–Crippen LogP) is 1.42. The standard InChI is InChI=1S/C9H10N2/c1-3-8(7-10-5-1)9-4-2-6-11-9/h1,3-5,7,11H,2,6H2. The van der Waals surface area contributed by atoms with Crippen LogP contribution < -0.4 is 5.32 Å². The molecule has 2 heteroatoms. The van der Waals surface area contributed by atoms with Gasteiger partial charge >= 0.3 is 0 Å². The molecule has 1 aromatic heterocycles. The van der Waals surface area contributed by atoms with Crippen LogP contribution in [0.5, 0.6) is 0 Å². The van der Waals surface area contributed by atoms with Gasteiger partial charge in [-0.2, -0.15) is 0 Å². The second-order valence-corrected chi connectivity index (χ2v) is 2.57. The fraction of sp³-hybridized carbons (Fsp3) is 0.222. The molecule has 1 aliphatic heterocycles. The van der Waals surface area contributed by atoms with Gasteiger partial charge < -0.3 is 5.32 Å². The summed E-state index contributed by atoms with van der Waals surface area (Å²) in [5, 5.41) is 3.29. The molecule has 0 aliphatic carbocycles. The van der Waals surface area contributed by atoms with Gasteiger partial charge in [0.2, 0.25) is 0 Å². The fourth-order valence-corrected chi connectivity index (χ4v) is 1.24. The van der Waals surface area contributed by atoms with Crippen molar-refractivity contribution in [3.8, 4) is 0 Å². The number of pyridine rings is 1. The molecule has 0 saturated carbocycles. The molecule has 2 nitrogen and oxygen atoms in total. The van der Waals surface area contributed by atoms with Crippen LogP contribution >= 0.6 is 0 Å². The average Bonchev–Trinajstić information content (AvgIpc) is 2.58. The summed E-state index contributed by atoms with van der Waals surface area (Å²) in [6.45, 7) is 1.06. The molecular formula is C9H10N2. The van der Waals surface area contributed by atoms with Gasteiger partial charge in [0.05, 0.1) is 0 Å². The molecule has 0 saturated heterocycles. The highest BCUT2D eigenvalue weighted by atomic mass is 14.9. The number of aromatic nitrogens is 1. The third-order valence-corrected chi connectivity index (χ3v) is 1.78. The van der Waals surface area contributed by atoms with Crippen molar-refractivity contribution in [2.45, 2.75) is 6.42 Å². The minimum absolute atomic E-state index is 1.06. The van der Waals surface area contributed by atoms with E-state index in [2.05, 4.69) is 22.4 Å². The van der Waals surface area contributed by atoms with E-state index in [0.717, 1.165) is 13.0 Å². The van der Waals surface area contributed by atoms with E-state index in [1.165, 1.54) is 11.3 Å². The summed E-state index contributed by atoms with van der Waals surface area (Å²) in [7, 11) is 0. The zero-order valence-corrected chi connectivity index (χ0v) is 6.25. The van der Waals surface area contributed by atoms with Crippen molar-refractivity contribution in [3.05, 3.63) is 36.2 Å². The number of nitrogens with zero attached hydrogens (tertiary/aromatic N) is 1. The minimum Gasteiger partial charge on any atom is -0.384 e. The van der Waals surface area contributed by atoms with E-state index in [9.17, 15) is 0 Å². The molecule has 1 N–H and O–H groups in total. The molecular weight excluding hydrogens is 136 g/mol. The molecule has 2 heterocycles. The molecule has 0 atom stereocenters. The van der Waals surface area contributed by atoms with Crippen molar-refractivity contribution < 1.29 is 0 Å². The summed E-state index contributed by atoms with van der Waals surface area (Å²) >= 11 is 0. The van der Waals surface area contributed by atoms with Crippen molar-refractivity contribution in [1.82, 2.24) is 10.3 Å². The zero-order chi connectivity index (χ0) is 7.52. The van der Waals surface area contributed by atoms with Gasteiger partial charge in [0, 0.05) is 30.2 Å². The smallest absolute Gasteiger partial charge is 0.0389 e. The van der Waals surface area contributed by atoms with E-state index in [-0.39, 0.29) is 0 Å². The summed E-state index contributed by atoms with van der Waals surface area (Å²) in [5.41, 5.74) is 2.41. The minimum atomic E-state index is 1.06. The van der Waals surface area contributed by atoms with Crippen LogP contribution in [0.25, 0.3) is 5.70 Å². The number of hydrogen-bond donors (Lipinski definition) is 1. The molecule has 11 heavy (non-hydrogen) atoms. The van der Waals surface area contributed by atoms with Gasteiger partial charge in [-0.05, 0) is 18.6 Å². The van der Waals surface area contributed by atoms with Crippen LogP contribution in [0, 0.1) is 0 Å². The first-order chi connectivity index (χ1) is 5.47. The number of hydrogen-bond acceptors (Lipinski definition) is 2. The Hall–Kier alpha value is -1.31. The lowest BCUT2D eigenvalue weighted by molar-refractivity contribution is 0.927. The Balaban J connectivity index is 2.29. The maximum Gasteiger partial charge on any atom is 0.0389 e. The van der Waals surface area contributed by atoms with Gasteiger partial charge in [-0.1, -0.05) is 6.08 Å². The lowest BCUT2D eigenvalue weighted by atomic mass is 10.2. The summed E-state index contributed by atoms with van der Waals surface area (Å²) in [4.78, 5) is 4.05. The van der Waals surface area contributed by atoms with Gasteiger partial charge in [-0.3, -0.25) is 4.98 Å². The molecule has 0 bridgehead atoms. The molecule has 0 spiro atoms. The second kappa shape index (κ2) is 2.74. The topological polar surface area (TPSA) is 24.9 Å². The van der Waals surface area contributed by atoms with E-state index < -0.39 is 0 Å². The van der Waals surface area contributed by atoms with Gasteiger partial charge in [0.1, 0.15) is 0 Å². The second-order valence-electron chi connectivity index (χ2n) is 2.57. The molecule has 0 radical (unpaired) electrons. The SMILES string of the molecule is C1=C(c2cccnc2)NCC1. The van der Waals surface area contributed by atoms with E-state index in [4.69, 9.17) is 0 Å². The van der Waals surface area contributed by atoms with Crippen molar-refractivity contribution in [2.24, 2.45) is 0 Å². The molecule has 1 aromatic rings. The van der Waals surface area contributed by atoms with Crippen molar-refractivity contribution in [3.63, 3.8) is 0 Å². The Morgan fingerprint density at radius 2 is 2.45 bits per heavy atom. The highest BCUT2D eigenvalue weighted by Crippen LogP contribution is 2.13. The Kier molecular flexibility index (Phi) is 1.60. The Labute approximate surface area is 66.0 Å². The van der Waals surface area contributed by atoms with Crippen molar-refractivity contribution >= 4 is 5.70 Å². The van der Waals surface area contributed by atoms with E-state index in [1.54, 1.807) is 6.20 Å². The fourth-order valence-electron chi connectivity index (χ4n) is 1.24. The first-order valence-corrected chi connectivity index (χ1v) is 3.81. The zero-order valence-electron chi connectivity index (χ0n) is 6.25. The third kappa shape index (κ3) is 1.24. The van der Waals surface area contributed by atoms with Crippen molar-refractivity contribution in [1.29, 1.82) is 0 Å². The van der Waals surface area contributed by atoms with Gasteiger partial charge in [-0.25, -0.2) is 0 Å². The van der Waals surface area contributed by atoms with Crippen molar-refractivity contribution in [2.75, 3.05) is 6.54 Å². The summed E-state index contributed by atoms with van der Waals surface area (Å²) in [6.07, 6.45) is 7.00. The maximum absolute atomic E-state index is 4.05. The molecule has 2 rings (SSSR count). The average molecular weight is 146 g/mol. The van der Waals surface area contributed by atoms with Crippen LogP contribution in [0.2, 0.25) is 0 Å². The predicted molar refractivity (Wildman–Crippen MR) is 44.8 cm³/mol. The molecule has 0 unspecified atom stereocenters. The lowest BCUT2D eigenvalue weighted by Gasteiger charge is -2.01. The largest absolute Gasteiger partial charge is 0.384 e. The molecule has 1 aliphatic rings. The Morgan fingerprint density at radius 3 is 3.09 bits per heavy atom. The van der Waals surface area contributed by atoms with Crippen LogP contribution in [0.3, 0.4) is 0 Å². The van der Waals surface area contributed by atoms with E-state index >= 15 is 0 Å². The number of rotatable bonds is 1. The third-order valence-electron chi connectivity index (χ3n) is 1.78. The van der Waals surface area contributed by atoms with Crippen LogP contribution in [0.4, 0.5) is 0 Å². The quantitative estimate of drug-likeness (QED) is 0.648. The lowest BCUT2D eigenvalue weighted by Crippen LogP contribution is -2.05. The summed E-state index contributed by atoms with van der Waals surface area (Å²) in [6, 6.07) is 4.02. The van der Waals surface area contributed by atoms with Crippen LogP contribution in [-0.2, 0) is 0 Å². The first kappa shape index (κ1) is 6.40. The normalized spacial score (nSPS) is 15.8. The van der Waals surface area contributed by atoms with E-state index in [0.29, 0.717) is 0 Å². The van der Waals surface area contributed by atoms with Crippen LogP contribution in [-0.4, -0.2) is 11.5 Å². The van der Waals surface area contributed by atoms with Gasteiger partial charge in [-0.15, -0.1) is 0 Å². The Morgan fingerprint density at radius 1 is 1.45 bits per heavy atom. The van der Waals surface area contributed by atoms with E-state index in [1.807, 2.05) is 12.3 Å².